The number of benzene rings is 7. The van der Waals surface area contributed by atoms with E-state index in [-0.39, 0.29) is 0 Å². The molecular weight excluding hydrogens is 713 g/mol. The van der Waals surface area contributed by atoms with Crippen molar-refractivity contribution in [1.29, 1.82) is 5.26 Å². The summed E-state index contributed by atoms with van der Waals surface area (Å²) in [5.41, 5.74) is 10.4. The van der Waals surface area contributed by atoms with Gasteiger partial charge in [0, 0.05) is 34.1 Å². The lowest BCUT2D eigenvalue weighted by Gasteiger charge is -2.25. The number of nitrogens with zero attached hydrogens (tertiary/aromatic N) is 4. The summed E-state index contributed by atoms with van der Waals surface area (Å²) in [4.78, 5) is 8.22. The van der Waals surface area contributed by atoms with Crippen LogP contribution < -0.4 is 19.3 Å². The van der Waals surface area contributed by atoms with E-state index in [4.69, 9.17) is 16.0 Å². The van der Waals surface area contributed by atoms with Gasteiger partial charge in [0.25, 0.3) is 0 Å². The smallest absolute Gasteiger partial charge is 0.194 e. The van der Waals surface area contributed by atoms with E-state index in [0.717, 1.165) is 56.8 Å². The fourth-order valence-electron chi connectivity index (χ4n) is 6.69. The van der Waals surface area contributed by atoms with E-state index in [1.165, 1.54) is 0 Å². The lowest BCUT2D eigenvalue weighted by molar-refractivity contribution is 0.340. The van der Waals surface area contributed by atoms with Gasteiger partial charge in [-0.1, -0.05) is 85.0 Å². The Morgan fingerprint density at radius 2 is 0.879 bits per heavy atom. The minimum absolute atomic E-state index is 0.474. The summed E-state index contributed by atoms with van der Waals surface area (Å²) >= 11 is 0. The lowest BCUT2D eigenvalue weighted by Crippen LogP contribution is -2.09. The van der Waals surface area contributed by atoms with Crippen LogP contribution in [0.4, 0.5) is 39.8 Å². The Morgan fingerprint density at radius 3 is 1.26 bits per heavy atom. The van der Waals surface area contributed by atoms with Crippen molar-refractivity contribution >= 4 is 64.1 Å². The van der Waals surface area contributed by atoms with Gasteiger partial charge in [-0.2, -0.15) is 5.26 Å². The van der Waals surface area contributed by atoms with E-state index in [0.29, 0.717) is 35.6 Å². The Bertz CT molecular complexity index is 2380. The number of nitriles is 1. The molecule has 58 heavy (non-hydrogen) atoms. The number of anilines is 6. The van der Waals surface area contributed by atoms with Crippen LogP contribution in [0.1, 0.15) is 41.7 Å². The van der Waals surface area contributed by atoms with Crippen molar-refractivity contribution in [1.82, 2.24) is 0 Å². The molecule has 0 aliphatic heterocycles. The third-order valence-electron chi connectivity index (χ3n) is 9.49. The first-order chi connectivity index (χ1) is 28.6. The highest BCUT2D eigenvalue weighted by molar-refractivity contribution is 5.84. The fourth-order valence-corrected chi connectivity index (χ4v) is 6.69. The van der Waals surface area contributed by atoms with Crippen molar-refractivity contribution in [3.8, 4) is 17.6 Å². The average Bonchev–Trinajstić information content (AvgIpc) is 3.28. The maximum absolute atomic E-state index is 10.2. The third kappa shape index (κ3) is 9.17. The molecule has 0 bridgehead atoms. The molecule has 0 aliphatic carbocycles. The summed E-state index contributed by atoms with van der Waals surface area (Å²) in [6, 6.07) is 59.1. The van der Waals surface area contributed by atoms with Crippen LogP contribution in [-0.4, -0.2) is 13.2 Å². The van der Waals surface area contributed by atoms with Gasteiger partial charge in [-0.25, -0.2) is 4.85 Å². The predicted octanol–water partition coefficient (Wildman–Crippen LogP) is 14.2. The number of rotatable bonds is 14. The first-order valence-electron chi connectivity index (χ1n) is 19.2. The highest BCUT2D eigenvalue weighted by Crippen LogP contribution is 2.37. The van der Waals surface area contributed by atoms with Crippen molar-refractivity contribution in [2.75, 3.05) is 23.0 Å². The molecule has 0 saturated carbocycles. The molecule has 0 unspecified atom stereocenters. The minimum atomic E-state index is 0.474. The molecule has 7 rings (SSSR count). The summed E-state index contributed by atoms with van der Waals surface area (Å²) in [6.45, 7) is 13.1. The van der Waals surface area contributed by atoms with Gasteiger partial charge < -0.3 is 19.3 Å². The molecule has 0 heterocycles. The zero-order chi connectivity index (χ0) is 40.1. The molecule has 7 aromatic rings. The molecule has 6 heteroatoms. The summed E-state index contributed by atoms with van der Waals surface area (Å²) < 4.78 is 11.3. The molecule has 7 aromatic carbocycles. The van der Waals surface area contributed by atoms with Gasteiger partial charge in [-0.15, -0.1) is 0 Å². The highest BCUT2D eigenvalue weighted by atomic mass is 16.5. The van der Waals surface area contributed by atoms with Crippen LogP contribution in [0.2, 0.25) is 0 Å². The maximum atomic E-state index is 10.2. The van der Waals surface area contributed by atoms with Crippen molar-refractivity contribution < 1.29 is 9.47 Å². The molecule has 0 fully saturated rings. The first-order valence-corrected chi connectivity index (χ1v) is 19.2. The number of hydrogen-bond acceptors (Lipinski definition) is 5. The predicted molar refractivity (Wildman–Crippen MR) is 240 cm³/mol. The van der Waals surface area contributed by atoms with Crippen molar-refractivity contribution in [2.45, 2.75) is 13.8 Å². The van der Waals surface area contributed by atoms with E-state index in [9.17, 15) is 5.26 Å². The Kier molecular flexibility index (Phi) is 12.4. The van der Waals surface area contributed by atoms with Crippen LogP contribution in [0.5, 0.6) is 11.5 Å². The largest absolute Gasteiger partial charge is 0.494 e. The monoisotopic (exact) mass is 754 g/mol. The molecular formula is C52H42N4O2. The summed E-state index contributed by atoms with van der Waals surface area (Å²) in [7, 11) is 0. The number of ether oxygens (including phenoxy) is 2. The van der Waals surface area contributed by atoms with Gasteiger partial charge in [0.1, 0.15) is 11.5 Å². The van der Waals surface area contributed by atoms with Gasteiger partial charge in [-0.3, -0.25) is 0 Å². The standard InChI is InChI=1S/C52H42N4O2/c1-4-57-50-32-28-48(29-33-50)55(44-12-8-6-9-13-44)46-24-18-39(19-25-46)16-22-41-37-52(54-3)42(36-43(41)38-53)23-17-40-20-26-47(27-21-40)56(45-14-10-7-11-15-45)49-30-34-51(35-31-49)58-5-2/h6-37H,4-5H2,1-2H3/b22-16-,23-17-. The van der Waals surface area contributed by atoms with Gasteiger partial charge in [-0.05, 0) is 145 Å². The van der Waals surface area contributed by atoms with E-state index in [1.807, 2.05) is 98.8 Å². The Labute approximate surface area is 341 Å². The number of hydrogen-bond donors (Lipinski definition) is 0. The molecule has 0 amide bonds. The normalized spacial score (nSPS) is 10.9. The Hall–Kier alpha value is -7.80. The molecule has 0 atom stereocenters. The average molecular weight is 755 g/mol. The summed E-state index contributed by atoms with van der Waals surface area (Å²) in [5, 5.41) is 10.2. The second-order valence-corrected chi connectivity index (χ2v) is 13.3. The highest BCUT2D eigenvalue weighted by Gasteiger charge is 2.14. The van der Waals surface area contributed by atoms with Gasteiger partial charge in [0.05, 0.1) is 31.4 Å². The molecule has 282 valence electrons. The van der Waals surface area contributed by atoms with E-state index < -0.39 is 0 Å². The van der Waals surface area contributed by atoms with E-state index >= 15 is 0 Å². The van der Waals surface area contributed by atoms with Gasteiger partial charge in [0.15, 0.2) is 5.69 Å². The molecule has 0 aromatic heterocycles. The molecule has 0 aliphatic rings. The van der Waals surface area contributed by atoms with Gasteiger partial charge >= 0.3 is 0 Å². The van der Waals surface area contributed by atoms with Crippen molar-refractivity contribution in [2.24, 2.45) is 0 Å². The van der Waals surface area contributed by atoms with Crippen LogP contribution in [0.15, 0.2) is 170 Å². The molecule has 0 radical (unpaired) electrons. The first kappa shape index (κ1) is 38.5. The second-order valence-electron chi connectivity index (χ2n) is 13.3. The lowest BCUT2D eigenvalue weighted by atomic mass is 10.0. The van der Waals surface area contributed by atoms with Crippen LogP contribution >= 0.6 is 0 Å². The molecule has 0 N–H and O–H groups in total. The quantitative estimate of drug-likeness (QED) is 0.0817. The van der Waals surface area contributed by atoms with Crippen LogP contribution in [0.25, 0.3) is 29.1 Å². The van der Waals surface area contributed by atoms with Crippen LogP contribution in [0, 0.1) is 17.9 Å². The van der Waals surface area contributed by atoms with Gasteiger partial charge in [0.2, 0.25) is 0 Å². The molecule has 6 nitrogen and oxygen atoms in total. The van der Waals surface area contributed by atoms with Crippen molar-refractivity contribution in [3.63, 3.8) is 0 Å². The molecule has 0 saturated heterocycles. The number of para-hydroxylation sites is 2. The topological polar surface area (TPSA) is 53.1 Å². The van der Waals surface area contributed by atoms with E-state index in [1.54, 1.807) is 12.1 Å². The Morgan fingerprint density at radius 1 is 0.500 bits per heavy atom. The maximum Gasteiger partial charge on any atom is 0.194 e. The summed E-state index contributed by atoms with van der Waals surface area (Å²) in [5.74, 6) is 1.67. The minimum Gasteiger partial charge on any atom is -0.494 e. The van der Waals surface area contributed by atoms with Crippen molar-refractivity contribution in [3.05, 3.63) is 209 Å². The van der Waals surface area contributed by atoms with E-state index in [2.05, 4.69) is 118 Å². The third-order valence-corrected chi connectivity index (χ3v) is 9.49. The SMILES string of the molecule is [C-]#[N+]c1cc(/C=C\c2ccc(N(c3ccccc3)c3ccc(OCC)cc3)cc2)c(C#N)cc1/C=C\c1ccc(N(c2ccccc2)c2ccc(OCC)cc2)cc1. The molecule has 0 spiro atoms. The fraction of sp³-hybridized carbons (Fsp3) is 0.0769. The second kappa shape index (κ2) is 18.7. The zero-order valence-electron chi connectivity index (χ0n) is 32.5. The summed E-state index contributed by atoms with van der Waals surface area (Å²) in [6.07, 6.45) is 7.75. The zero-order valence-corrected chi connectivity index (χ0v) is 32.5. The van der Waals surface area contributed by atoms with Crippen LogP contribution in [0.3, 0.4) is 0 Å². The van der Waals surface area contributed by atoms with Crippen LogP contribution in [-0.2, 0) is 0 Å². The Balaban J connectivity index is 1.09.